The van der Waals surface area contributed by atoms with Crippen molar-refractivity contribution >= 4 is 21.8 Å². The van der Waals surface area contributed by atoms with Gasteiger partial charge in [0.15, 0.2) is 0 Å². The van der Waals surface area contributed by atoms with Gasteiger partial charge in [-0.1, -0.05) is 40.3 Å². The van der Waals surface area contributed by atoms with Gasteiger partial charge in [-0.25, -0.2) is 0 Å². The molecule has 1 fully saturated rings. The molecule has 4 rings (SSSR count). The summed E-state index contributed by atoms with van der Waals surface area (Å²) in [5.74, 6) is 1.05. The molecule has 2 heterocycles. The SMILES string of the molecule is CN(C(=O)Cn1cccc1-c1nc(-c2ccc(Br)cc2)no1)C1CCCCC1. The third-order valence-electron chi connectivity index (χ3n) is 5.40. The molecule has 0 unspecified atom stereocenters. The van der Waals surface area contributed by atoms with Crippen molar-refractivity contribution in [3.63, 3.8) is 0 Å². The van der Waals surface area contributed by atoms with Crippen molar-refractivity contribution in [1.29, 1.82) is 0 Å². The summed E-state index contributed by atoms with van der Waals surface area (Å²) in [5, 5.41) is 4.09. The highest BCUT2D eigenvalue weighted by molar-refractivity contribution is 9.10. The normalized spacial score (nSPS) is 14.9. The van der Waals surface area contributed by atoms with E-state index < -0.39 is 0 Å². The maximum absolute atomic E-state index is 12.8. The minimum absolute atomic E-state index is 0.108. The van der Waals surface area contributed by atoms with Gasteiger partial charge >= 0.3 is 0 Å². The van der Waals surface area contributed by atoms with Gasteiger partial charge < -0.3 is 14.0 Å². The largest absolute Gasteiger partial charge is 0.341 e. The summed E-state index contributed by atoms with van der Waals surface area (Å²) >= 11 is 3.42. The number of likely N-dealkylation sites (N-methyl/N-ethyl adjacent to an activating group) is 1. The lowest BCUT2D eigenvalue weighted by atomic mass is 9.94. The predicted molar refractivity (Wildman–Crippen MR) is 111 cm³/mol. The molecule has 2 aromatic heterocycles. The Bertz CT molecular complexity index is 941. The first kappa shape index (κ1) is 18.9. The molecule has 6 nitrogen and oxygen atoms in total. The van der Waals surface area contributed by atoms with Crippen LogP contribution in [0.15, 0.2) is 51.6 Å². The number of halogens is 1. The zero-order valence-corrected chi connectivity index (χ0v) is 17.4. The first-order valence-corrected chi connectivity index (χ1v) is 10.4. The van der Waals surface area contributed by atoms with E-state index in [0.717, 1.165) is 28.6 Å². The zero-order valence-electron chi connectivity index (χ0n) is 15.8. The number of amides is 1. The van der Waals surface area contributed by atoms with Crippen LogP contribution < -0.4 is 0 Å². The van der Waals surface area contributed by atoms with Crippen LogP contribution in [-0.2, 0) is 11.3 Å². The summed E-state index contributed by atoms with van der Waals surface area (Å²) in [4.78, 5) is 19.2. The summed E-state index contributed by atoms with van der Waals surface area (Å²) in [6.07, 6.45) is 7.77. The quantitative estimate of drug-likeness (QED) is 0.571. The number of carbonyl (C=O) groups is 1. The average molecular weight is 443 g/mol. The summed E-state index contributed by atoms with van der Waals surface area (Å²) in [6, 6.07) is 11.9. The molecule has 3 aromatic rings. The molecule has 7 heteroatoms. The van der Waals surface area contributed by atoms with Crippen LogP contribution in [0.3, 0.4) is 0 Å². The van der Waals surface area contributed by atoms with Crippen LogP contribution >= 0.6 is 15.9 Å². The molecule has 1 saturated carbocycles. The van der Waals surface area contributed by atoms with Crippen molar-refractivity contribution in [2.24, 2.45) is 0 Å². The Morgan fingerprint density at radius 1 is 1.21 bits per heavy atom. The molecule has 0 N–H and O–H groups in total. The van der Waals surface area contributed by atoms with Gasteiger partial charge in [0, 0.05) is 29.3 Å². The van der Waals surface area contributed by atoms with Gasteiger partial charge in [-0.2, -0.15) is 4.98 Å². The van der Waals surface area contributed by atoms with Gasteiger partial charge in [-0.05, 0) is 49.2 Å². The van der Waals surface area contributed by atoms with Crippen LogP contribution in [0.2, 0.25) is 0 Å². The minimum atomic E-state index is 0.108. The fraction of sp³-hybridized carbons (Fsp3) is 0.381. The van der Waals surface area contributed by atoms with Crippen molar-refractivity contribution in [2.75, 3.05) is 7.05 Å². The number of rotatable bonds is 5. The number of benzene rings is 1. The van der Waals surface area contributed by atoms with Crippen molar-refractivity contribution in [3.05, 3.63) is 47.1 Å². The van der Waals surface area contributed by atoms with Crippen LogP contribution in [0, 0.1) is 0 Å². The lowest BCUT2D eigenvalue weighted by molar-refractivity contribution is -0.133. The van der Waals surface area contributed by atoms with E-state index in [0.29, 0.717) is 17.8 Å². The molecular formula is C21H23BrN4O2. The van der Waals surface area contributed by atoms with Gasteiger partial charge in [0.2, 0.25) is 11.7 Å². The monoisotopic (exact) mass is 442 g/mol. The van der Waals surface area contributed by atoms with Crippen LogP contribution in [-0.4, -0.2) is 38.6 Å². The van der Waals surface area contributed by atoms with E-state index in [-0.39, 0.29) is 12.5 Å². The molecule has 0 aliphatic heterocycles. The number of aromatic nitrogens is 3. The molecule has 1 aromatic carbocycles. The molecule has 0 radical (unpaired) electrons. The van der Waals surface area contributed by atoms with E-state index in [1.807, 2.05) is 59.1 Å². The molecule has 0 saturated heterocycles. The van der Waals surface area contributed by atoms with Gasteiger partial charge in [-0.15, -0.1) is 0 Å². The van der Waals surface area contributed by atoms with E-state index in [9.17, 15) is 4.79 Å². The fourth-order valence-corrected chi connectivity index (χ4v) is 3.98. The van der Waals surface area contributed by atoms with Gasteiger partial charge in [0.05, 0.1) is 0 Å². The van der Waals surface area contributed by atoms with Crippen molar-refractivity contribution < 1.29 is 9.32 Å². The van der Waals surface area contributed by atoms with Crippen molar-refractivity contribution in [1.82, 2.24) is 19.6 Å². The molecule has 1 aliphatic carbocycles. The van der Waals surface area contributed by atoms with Gasteiger partial charge in [0.25, 0.3) is 5.89 Å². The van der Waals surface area contributed by atoms with Gasteiger partial charge in [0.1, 0.15) is 12.2 Å². The second-order valence-electron chi connectivity index (χ2n) is 7.25. The lowest BCUT2D eigenvalue weighted by Crippen LogP contribution is -2.40. The van der Waals surface area contributed by atoms with E-state index in [1.165, 1.54) is 19.3 Å². The number of hydrogen-bond acceptors (Lipinski definition) is 4. The van der Waals surface area contributed by atoms with Crippen LogP contribution in [0.25, 0.3) is 23.0 Å². The Hall–Kier alpha value is -2.41. The van der Waals surface area contributed by atoms with Crippen LogP contribution in [0.5, 0.6) is 0 Å². The second-order valence-corrected chi connectivity index (χ2v) is 8.16. The highest BCUT2D eigenvalue weighted by atomic mass is 79.9. The molecule has 28 heavy (non-hydrogen) atoms. The van der Waals surface area contributed by atoms with E-state index in [4.69, 9.17) is 4.52 Å². The third kappa shape index (κ3) is 4.04. The maximum Gasteiger partial charge on any atom is 0.274 e. The Morgan fingerprint density at radius 2 is 1.96 bits per heavy atom. The van der Waals surface area contributed by atoms with Crippen LogP contribution in [0.1, 0.15) is 32.1 Å². The number of hydrogen-bond donors (Lipinski definition) is 0. The molecule has 0 spiro atoms. The molecule has 1 aliphatic rings. The Morgan fingerprint density at radius 3 is 2.71 bits per heavy atom. The van der Waals surface area contributed by atoms with Gasteiger partial charge in [-0.3, -0.25) is 4.79 Å². The standard InChI is InChI=1S/C21H23BrN4O2/c1-25(17-6-3-2-4-7-17)19(27)14-26-13-5-8-18(26)21-23-20(24-28-21)15-9-11-16(22)12-10-15/h5,8-13,17H,2-4,6-7,14H2,1H3. The topological polar surface area (TPSA) is 64.2 Å². The predicted octanol–water partition coefficient (Wildman–Crippen LogP) is 4.76. The summed E-state index contributed by atoms with van der Waals surface area (Å²) in [6.45, 7) is 0.269. The zero-order chi connectivity index (χ0) is 19.5. The highest BCUT2D eigenvalue weighted by Crippen LogP contribution is 2.25. The Balaban J connectivity index is 1.50. The van der Waals surface area contributed by atoms with E-state index >= 15 is 0 Å². The molecule has 146 valence electrons. The van der Waals surface area contributed by atoms with E-state index in [2.05, 4.69) is 26.1 Å². The Kier molecular flexibility index (Phi) is 5.62. The van der Waals surface area contributed by atoms with Crippen LogP contribution in [0.4, 0.5) is 0 Å². The van der Waals surface area contributed by atoms with E-state index in [1.54, 1.807) is 0 Å². The molecule has 0 bridgehead atoms. The second kappa shape index (κ2) is 8.31. The summed E-state index contributed by atoms with van der Waals surface area (Å²) in [5.41, 5.74) is 1.63. The summed E-state index contributed by atoms with van der Waals surface area (Å²) < 4.78 is 8.34. The molecular weight excluding hydrogens is 420 g/mol. The lowest BCUT2D eigenvalue weighted by Gasteiger charge is -2.31. The number of carbonyl (C=O) groups excluding carboxylic acids is 1. The smallest absolute Gasteiger partial charge is 0.274 e. The highest BCUT2D eigenvalue weighted by Gasteiger charge is 2.23. The maximum atomic E-state index is 12.8. The first-order chi connectivity index (χ1) is 13.6. The first-order valence-electron chi connectivity index (χ1n) is 9.62. The van der Waals surface area contributed by atoms with Crippen molar-refractivity contribution in [3.8, 4) is 23.0 Å². The number of nitrogens with zero attached hydrogens (tertiary/aromatic N) is 4. The Labute approximate surface area is 172 Å². The fourth-order valence-electron chi connectivity index (χ4n) is 3.72. The average Bonchev–Trinajstić information content (AvgIpc) is 3.38. The third-order valence-corrected chi connectivity index (χ3v) is 5.93. The molecule has 1 amide bonds. The molecule has 0 atom stereocenters. The minimum Gasteiger partial charge on any atom is -0.341 e. The van der Waals surface area contributed by atoms with Crippen molar-refractivity contribution in [2.45, 2.75) is 44.7 Å². The summed E-state index contributed by atoms with van der Waals surface area (Å²) in [7, 11) is 1.92.